The Labute approximate surface area is 163 Å². The van der Waals surface area contributed by atoms with Crippen LogP contribution in [-0.2, 0) is 4.79 Å². The monoisotopic (exact) mass is 377 g/mol. The third-order valence-corrected chi connectivity index (χ3v) is 5.45. The van der Waals surface area contributed by atoms with E-state index >= 15 is 0 Å². The van der Waals surface area contributed by atoms with Crippen molar-refractivity contribution in [3.05, 3.63) is 107 Å². The van der Waals surface area contributed by atoms with Gasteiger partial charge in [0.15, 0.2) is 0 Å². The highest BCUT2D eigenvalue weighted by atomic mass is 19.1. The molecule has 1 saturated carbocycles. The zero-order chi connectivity index (χ0) is 19.7. The maximum absolute atomic E-state index is 14.1. The molecule has 0 bridgehead atoms. The van der Waals surface area contributed by atoms with Gasteiger partial charge in [0, 0.05) is 13.0 Å². The standard InChI is InChI=1S/C24H21F2NO/c1-27(24(28)21-15-20(21)19-9-5-6-10-22(19)26)23(16-7-3-2-4-8-16)17-11-13-18(25)14-12-17/h2-14,20-21,23H,15H2,1H3/t20-,21-,23+/m1/s1. The molecular formula is C24H21F2NO. The molecule has 0 spiro atoms. The molecule has 28 heavy (non-hydrogen) atoms. The quantitative estimate of drug-likeness (QED) is 0.590. The molecule has 0 radical (unpaired) electrons. The van der Waals surface area contributed by atoms with Crippen molar-refractivity contribution in [2.75, 3.05) is 7.05 Å². The molecular weight excluding hydrogens is 356 g/mol. The lowest BCUT2D eigenvalue weighted by molar-refractivity contribution is -0.132. The van der Waals surface area contributed by atoms with E-state index in [2.05, 4.69) is 0 Å². The van der Waals surface area contributed by atoms with Crippen LogP contribution in [0.15, 0.2) is 78.9 Å². The molecule has 1 amide bonds. The number of carbonyl (C=O) groups is 1. The first-order chi connectivity index (χ1) is 13.6. The Kier molecular flexibility index (Phi) is 4.95. The number of halogens is 2. The second-order valence-electron chi connectivity index (χ2n) is 7.28. The second-order valence-corrected chi connectivity index (χ2v) is 7.28. The summed E-state index contributed by atoms with van der Waals surface area (Å²) >= 11 is 0. The van der Waals surface area contributed by atoms with Crippen LogP contribution in [0.3, 0.4) is 0 Å². The van der Waals surface area contributed by atoms with Crippen LogP contribution in [0, 0.1) is 17.6 Å². The van der Waals surface area contributed by atoms with Gasteiger partial charge in [0.25, 0.3) is 0 Å². The van der Waals surface area contributed by atoms with E-state index < -0.39 is 0 Å². The highest BCUT2D eigenvalue weighted by molar-refractivity contribution is 5.83. The number of carbonyl (C=O) groups excluding carboxylic acids is 1. The van der Waals surface area contributed by atoms with Gasteiger partial charge in [0.05, 0.1) is 6.04 Å². The average molecular weight is 377 g/mol. The van der Waals surface area contributed by atoms with Crippen LogP contribution in [0.4, 0.5) is 8.78 Å². The van der Waals surface area contributed by atoms with Gasteiger partial charge in [-0.3, -0.25) is 4.79 Å². The Morgan fingerprint density at radius 3 is 2.18 bits per heavy atom. The molecule has 3 aromatic rings. The molecule has 3 aromatic carbocycles. The number of hydrogen-bond donors (Lipinski definition) is 0. The summed E-state index contributed by atoms with van der Waals surface area (Å²) in [6, 6.07) is 22.2. The number of amides is 1. The van der Waals surface area contributed by atoms with Gasteiger partial charge in [-0.25, -0.2) is 8.78 Å². The zero-order valence-electron chi connectivity index (χ0n) is 15.6. The normalized spacial score (nSPS) is 19.1. The Morgan fingerprint density at radius 2 is 1.50 bits per heavy atom. The maximum Gasteiger partial charge on any atom is 0.226 e. The van der Waals surface area contributed by atoms with Crippen LogP contribution in [-0.4, -0.2) is 17.9 Å². The molecule has 4 heteroatoms. The Hall–Kier alpha value is -3.01. The van der Waals surface area contributed by atoms with E-state index in [9.17, 15) is 13.6 Å². The first-order valence-corrected chi connectivity index (χ1v) is 9.38. The molecule has 4 rings (SSSR count). The Balaban J connectivity index is 1.61. The third-order valence-electron chi connectivity index (χ3n) is 5.45. The van der Waals surface area contributed by atoms with E-state index in [4.69, 9.17) is 0 Å². The van der Waals surface area contributed by atoms with Gasteiger partial charge in [-0.15, -0.1) is 0 Å². The van der Waals surface area contributed by atoms with Crippen LogP contribution in [0.2, 0.25) is 0 Å². The summed E-state index contributed by atoms with van der Waals surface area (Å²) < 4.78 is 27.5. The SMILES string of the molecule is CN(C(=O)[C@@H]1C[C@@H]1c1ccccc1F)[C@@H](c1ccccc1)c1ccc(F)cc1. The van der Waals surface area contributed by atoms with E-state index in [1.807, 2.05) is 30.3 Å². The predicted octanol–water partition coefficient (Wildman–Crippen LogP) is 5.32. The second kappa shape index (κ2) is 7.55. The molecule has 1 fully saturated rings. The van der Waals surface area contributed by atoms with E-state index in [-0.39, 0.29) is 35.4 Å². The lowest BCUT2D eigenvalue weighted by atomic mass is 9.96. The Bertz CT molecular complexity index is 971. The fourth-order valence-electron chi connectivity index (χ4n) is 3.90. The maximum atomic E-state index is 14.1. The highest BCUT2D eigenvalue weighted by Crippen LogP contribution is 2.50. The average Bonchev–Trinajstić information content (AvgIpc) is 3.51. The molecule has 0 unspecified atom stereocenters. The minimum atomic E-state index is -0.323. The molecule has 1 aliphatic rings. The van der Waals surface area contributed by atoms with E-state index in [1.165, 1.54) is 18.2 Å². The lowest BCUT2D eigenvalue weighted by Gasteiger charge is -2.29. The van der Waals surface area contributed by atoms with Crippen LogP contribution in [0.5, 0.6) is 0 Å². The summed E-state index contributed by atoms with van der Waals surface area (Å²) in [5, 5.41) is 0. The summed E-state index contributed by atoms with van der Waals surface area (Å²) in [6.45, 7) is 0. The molecule has 1 aliphatic carbocycles. The molecule has 2 nitrogen and oxygen atoms in total. The largest absolute Gasteiger partial charge is 0.334 e. The molecule has 0 aromatic heterocycles. The molecule has 0 aliphatic heterocycles. The number of nitrogens with zero attached hydrogens (tertiary/aromatic N) is 1. The summed E-state index contributed by atoms with van der Waals surface area (Å²) in [6.07, 6.45) is 0.648. The molecule has 0 heterocycles. The smallest absolute Gasteiger partial charge is 0.226 e. The first-order valence-electron chi connectivity index (χ1n) is 9.38. The Morgan fingerprint density at radius 1 is 0.893 bits per heavy atom. The highest BCUT2D eigenvalue weighted by Gasteiger charge is 2.47. The fourth-order valence-corrected chi connectivity index (χ4v) is 3.90. The van der Waals surface area contributed by atoms with E-state index in [0.717, 1.165) is 11.1 Å². The molecule has 142 valence electrons. The summed E-state index contributed by atoms with van der Waals surface area (Å²) in [5.74, 6) is -0.907. The third kappa shape index (κ3) is 3.55. The van der Waals surface area contributed by atoms with Gasteiger partial charge in [0.2, 0.25) is 5.91 Å². The minimum Gasteiger partial charge on any atom is -0.334 e. The van der Waals surface area contributed by atoms with Gasteiger partial charge in [-0.05, 0) is 47.2 Å². The van der Waals surface area contributed by atoms with Crippen molar-refractivity contribution in [3.8, 4) is 0 Å². The van der Waals surface area contributed by atoms with Crippen molar-refractivity contribution in [2.45, 2.75) is 18.4 Å². The van der Waals surface area contributed by atoms with Gasteiger partial charge >= 0.3 is 0 Å². The van der Waals surface area contributed by atoms with E-state index in [0.29, 0.717) is 12.0 Å². The number of benzene rings is 3. The van der Waals surface area contributed by atoms with E-state index in [1.54, 1.807) is 42.3 Å². The van der Waals surface area contributed by atoms with Crippen molar-refractivity contribution in [2.24, 2.45) is 5.92 Å². The van der Waals surface area contributed by atoms with Crippen molar-refractivity contribution >= 4 is 5.91 Å². The summed E-state index contributed by atoms with van der Waals surface area (Å²) in [4.78, 5) is 14.9. The summed E-state index contributed by atoms with van der Waals surface area (Å²) in [5.41, 5.74) is 2.40. The van der Waals surface area contributed by atoms with Crippen molar-refractivity contribution in [1.29, 1.82) is 0 Å². The molecule has 3 atom stereocenters. The predicted molar refractivity (Wildman–Crippen MR) is 105 cm³/mol. The fraction of sp³-hybridized carbons (Fsp3) is 0.208. The van der Waals surface area contributed by atoms with Crippen molar-refractivity contribution in [1.82, 2.24) is 4.90 Å². The zero-order valence-corrected chi connectivity index (χ0v) is 15.6. The first kappa shape index (κ1) is 18.4. The number of hydrogen-bond acceptors (Lipinski definition) is 1. The van der Waals surface area contributed by atoms with Gasteiger partial charge in [0.1, 0.15) is 11.6 Å². The molecule has 0 N–H and O–H groups in total. The molecule has 0 saturated heterocycles. The van der Waals surface area contributed by atoms with Crippen LogP contribution in [0.25, 0.3) is 0 Å². The van der Waals surface area contributed by atoms with Crippen LogP contribution in [0.1, 0.15) is 35.1 Å². The van der Waals surface area contributed by atoms with Crippen molar-refractivity contribution < 1.29 is 13.6 Å². The van der Waals surface area contributed by atoms with Gasteiger partial charge in [-0.1, -0.05) is 60.7 Å². The van der Waals surface area contributed by atoms with Crippen molar-refractivity contribution in [3.63, 3.8) is 0 Å². The number of rotatable bonds is 5. The van der Waals surface area contributed by atoms with Crippen LogP contribution >= 0.6 is 0 Å². The topological polar surface area (TPSA) is 20.3 Å². The van der Waals surface area contributed by atoms with Crippen LogP contribution < -0.4 is 0 Å². The van der Waals surface area contributed by atoms with Gasteiger partial charge < -0.3 is 4.90 Å². The summed E-state index contributed by atoms with van der Waals surface area (Å²) in [7, 11) is 1.76. The van der Waals surface area contributed by atoms with Gasteiger partial charge in [-0.2, -0.15) is 0 Å². The minimum absolute atomic E-state index is 0.0218. The lowest BCUT2D eigenvalue weighted by Crippen LogP contribution is -2.33.